The minimum atomic E-state index is -0.974. The van der Waals surface area contributed by atoms with Crippen LogP contribution in [-0.4, -0.2) is 23.4 Å². The molecule has 1 unspecified atom stereocenters. The van der Waals surface area contributed by atoms with E-state index in [1.54, 1.807) is 30.3 Å². The molecule has 0 aliphatic carbocycles. The van der Waals surface area contributed by atoms with Crippen molar-refractivity contribution in [3.63, 3.8) is 0 Å². The van der Waals surface area contributed by atoms with Gasteiger partial charge >= 0.3 is 0 Å². The summed E-state index contributed by atoms with van der Waals surface area (Å²) in [6.45, 7) is 1.25. The average molecular weight is 383 g/mol. The van der Waals surface area contributed by atoms with Gasteiger partial charge in [0, 0.05) is 11.9 Å². The van der Waals surface area contributed by atoms with E-state index in [2.05, 4.69) is 5.10 Å². The summed E-state index contributed by atoms with van der Waals surface area (Å²) in [6, 6.07) is 10.8. The van der Waals surface area contributed by atoms with Gasteiger partial charge in [-0.1, -0.05) is 41.4 Å². The zero-order valence-corrected chi connectivity index (χ0v) is 14.6. The van der Waals surface area contributed by atoms with Crippen molar-refractivity contribution >= 4 is 35.0 Å². The van der Waals surface area contributed by atoms with Crippen molar-refractivity contribution in [2.45, 2.75) is 13.2 Å². The van der Waals surface area contributed by atoms with Crippen LogP contribution in [0.1, 0.15) is 18.7 Å². The number of hydrogen-bond donors (Lipinski definition) is 0. The number of ether oxygens (including phenoxy) is 2. The van der Waals surface area contributed by atoms with Crippen molar-refractivity contribution in [3.05, 3.63) is 63.9 Å². The standard InChI is InChI=1S/C17H13Cl2FN2O3/c1-10(23)22-17(12-4-2-3-5-14(12)20)25-16(21-22)9-24-15-7-6-11(18)8-13(15)19/h2-8,17H,9H2,1H3. The zero-order chi connectivity index (χ0) is 18.0. The Morgan fingerprint density at radius 1 is 1.32 bits per heavy atom. The molecule has 5 nitrogen and oxygen atoms in total. The van der Waals surface area contributed by atoms with Gasteiger partial charge in [-0.2, -0.15) is 5.01 Å². The third-order valence-electron chi connectivity index (χ3n) is 3.43. The Morgan fingerprint density at radius 3 is 2.76 bits per heavy atom. The molecule has 1 aliphatic rings. The summed E-state index contributed by atoms with van der Waals surface area (Å²) in [5, 5.41) is 5.95. The van der Waals surface area contributed by atoms with Crippen molar-refractivity contribution < 1.29 is 18.7 Å². The fraction of sp³-hybridized carbons (Fsp3) is 0.176. The number of carbonyl (C=O) groups excluding carboxylic acids is 1. The fourth-order valence-corrected chi connectivity index (χ4v) is 2.74. The molecule has 0 saturated heterocycles. The molecule has 0 N–H and O–H groups in total. The highest BCUT2D eigenvalue weighted by Gasteiger charge is 2.34. The second kappa shape index (κ2) is 7.29. The monoisotopic (exact) mass is 382 g/mol. The number of halogens is 3. The molecule has 3 rings (SSSR count). The highest BCUT2D eigenvalue weighted by Crippen LogP contribution is 2.31. The number of hydrogen-bond acceptors (Lipinski definition) is 4. The molecular weight excluding hydrogens is 370 g/mol. The van der Waals surface area contributed by atoms with E-state index < -0.39 is 12.0 Å². The Morgan fingerprint density at radius 2 is 2.08 bits per heavy atom. The van der Waals surface area contributed by atoms with Crippen LogP contribution in [0.3, 0.4) is 0 Å². The molecule has 0 spiro atoms. The average Bonchev–Trinajstić information content (AvgIpc) is 2.99. The number of amides is 1. The van der Waals surface area contributed by atoms with Gasteiger partial charge in [0.15, 0.2) is 6.61 Å². The third-order valence-corrected chi connectivity index (χ3v) is 3.96. The van der Waals surface area contributed by atoms with E-state index in [1.807, 2.05) is 0 Å². The van der Waals surface area contributed by atoms with Crippen LogP contribution in [0.25, 0.3) is 0 Å². The molecule has 0 bridgehead atoms. The van der Waals surface area contributed by atoms with Crippen LogP contribution < -0.4 is 4.74 Å². The molecule has 1 aliphatic heterocycles. The van der Waals surface area contributed by atoms with E-state index in [9.17, 15) is 9.18 Å². The van der Waals surface area contributed by atoms with Crippen LogP contribution in [0.4, 0.5) is 4.39 Å². The Bertz CT molecular complexity index is 844. The van der Waals surface area contributed by atoms with E-state index in [-0.39, 0.29) is 24.0 Å². The summed E-state index contributed by atoms with van der Waals surface area (Å²) in [6.07, 6.45) is -0.974. The van der Waals surface area contributed by atoms with Crippen LogP contribution in [0.5, 0.6) is 5.75 Å². The topological polar surface area (TPSA) is 51.1 Å². The van der Waals surface area contributed by atoms with Gasteiger partial charge in [0.1, 0.15) is 11.6 Å². The van der Waals surface area contributed by atoms with Gasteiger partial charge in [-0.05, 0) is 24.3 Å². The second-order valence-corrected chi connectivity index (χ2v) is 6.06. The normalized spacial score (nSPS) is 16.4. The molecule has 2 aromatic rings. The summed E-state index contributed by atoms with van der Waals surface area (Å²) in [7, 11) is 0. The number of carbonyl (C=O) groups is 1. The number of rotatable bonds is 4. The minimum Gasteiger partial charge on any atom is -0.482 e. The summed E-state index contributed by atoms with van der Waals surface area (Å²) in [4.78, 5) is 11.8. The summed E-state index contributed by atoms with van der Waals surface area (Å²) in [5.41, 5.74) is 0.209. The molecule has 2 aromatic carbocycles. The van der Waals surface area contributed by atoms with Crippen LogP contribution in [0, 0.1) is 5.82 Å². The molecule has 1 amide bonds. The highest BCUT2D eigenvalue weighted by atomic mass is 35.5. The van der Waals surface area contributed by atoms with Gasteiger partial charge < -0.3 is 9.47 Å². The minimum absolute atomic E-state index is 0.0733. The maximum atomic E-state index is 14.0. The first-order valence-electron chi connectivity index (χ1n) is 7.32. The molecule has 8 heteroatoms. The largest absolute Gasteiger partial charge is 0.482 e. The number of hydrazone groups is 1. The van der Waals surface area contributed by atoms with E-state index in [4.69, 9.17) is 32.7 Å². The van der Waals surface area contributed by atoms with Gasteiger partial charge in [0.05, 0.1) is 10.6 Å². The molecule has 1 atom stereocenters. The van der Waals surface area contributed by atoms with Crippen LogP contribution in [0.15, 0.2) is 47.6 Å². The highest BCUT2D eigenvalue weighted by molar-refractivity contribution is 6.35. The van der Waals surface area contributed by atoms with Crippen LogP contribution in [0.2, 0.25) is 10.0 Å². The van der Waals surface area contributed by atoms with Crippen molar-refractivity contribution in [3.8, 4) is 5.75 Å². The van der Waals surface area contributed by atoms with Gasteiger partial charge in [-0.25, -0.2) is 4.39 Å². The first-order valence-corrected chi connectivity index (χ1v) is 8.07. The molecule has 130 valence electrons. The van der Waals surface area contributed by atoms with Crippen molar-refractivity contribution in [1.29, 1.82) is 0 Å². The van der Waals surface area contributed by atoms with E-state index in [1.165, 1.54) is 19.1 Å². The Balaban J connectivity index is 1.76. The molecule has 0 fully saturated rings. The Hall–Kier alpha value is -2.31. The van der Waals surface area contributed by atoms with E-state index >= 15 is 0 Å². The van der Waals surface area contributed by atoms with Crippen LogP contribution >= 0.6 is 23.2 Å². The Kier molecular flexibility index (Phi) is 5.11. The van der Waals surface area contributed by atoms with Gasteiger partial charge in [0.2, 0.25) is 18.0 Å². The fourth-order valence-electron chi connectivity index (χ4n) is 2.28. The van der Waals surface area contributed by atoms with Crippen molar-refractivity contribution in [1.82, 2.24) is 5.01 Å². The lowest BCUT2D eigenvalue weighted by molar-refractivity contribution is -0.135. The molecule has 0 saturated carbocycles. The maximum Gasteiger partial charge on any atom is 0.247 e. The summed E-state index contributed by atoms with van der Waals surface area (Å²) in [5.74, 6) is -0.347. The van der Waals surface area contributed by atoms with Gasteiger partial charge in [-0.3, -0.25) is 4.79 Å². The molecule has 25 heavy (non-hydrogen) atoms. The van der Waals surface area contributed by atoms with E-state index in [0.29, 0.717) is 15.8 Å². The van der Waals surface area contributed by atoms with Gasteiger partial charge in [0.25, 0.3) is 0 Å². The first kappa shape index (κ1) is 17.5. The SMILES string of the molecule is CC(=O)N1N=C(COc2ccc(Cl)cc2Cl)OC1c1ccccc1F. The molecule has 0 radical (unpaired) electrons. The molecule has 1 heterocycles. The molecule has 0 aromatic heterocycles. The lowest BCUT2D eigenvalue weighted by Gasteiger charge is -2.19. The van der Waals surface area contributed by atoms with Gasteiger partial charge in [-0.15, -0.1) is 5.10 Å². The second-order valence-electron chi connectivity index (χ2n) is 5.21. The third kappa shape index (κ3) is 3.86. The quantitative estimate of drug-likeness (QED) is 0.786. The summed E-state index contributed by atoms with van der Waals surface area (Å²) >= 11 is 11.9. The van der Waals surface area contributed by atoms with Crippen molar-refractivity contribution in [2.75, 3.05) is 6.61 Å². The lowest BCUT2D eigenvalue weighted by Crippen LogP contribution is -2.26. The maximum absolute atomic E-state index is 14.0. The van der Waals surface area contributed by atoms with E-state index in [0.717, 1.165) is 5.01 Å². The van der Waals surface area contributed by atoms with Crippen LogP contribution in [-0.2, 0) is 9.53 Å². The zero-order valence-electron chi connectivity index (χ0n) is 13.1. The number of benzene rings is 2. The Labute approximate surface area is 153 Å². The number of nitrogens with zero attached hydrogens (tertiary/aromatic N) is 2. The summed E-state index contributed by atoms with van der Waals surface area (Å²) < 4.78 is 25.2. The predicted molar refractivity (Wildman–Crippen MR) is 92.1 cm³/mol. The lowest BCUT2D eigenvalue weighted by atomic mass is 10.2. The molecular formula is C17H13Cl2FN2O3. The van der Waals surface area contributed by atoms with Crippen molar-refractivity contribution in [2.24, 2.45) is 5.10 Å². The predicted octanol–water partition coefficient (Wildman–Crippen LogP) is 4.40. The first-order chi connectivity index (χ1) is 12.0. The smallest absolute Gasteiger partial charge is 0.247 e.